The molecule has 0 aliphatic heterocycles. The molecule has 0 heterocycles. The van der Waals surface area contributed by atoms with Crippen molar-refractivity contribution < 1.29 is 18.5 Å². The number of nitrogens with zero attached hydrogens (tertiary/aromatic N) is 1. The highest BCUT2D eigenvalue weighted by molar-refractivity contribution is 5.94. The van der Waals surface area contributed by atoms with Crippen molar-refractivity contribution in [1.82, 2.24) is 0 Å². The van der Waals surface area contributed by atoms with Crippen molar-refractivity contribution in [3.8, 4) is 0 Å². The second kappa shape index (κ2) is 6.39. The zero-order valence-corrected chi connectivity index (χ0v) is 12.1. The largest absolute Gasteiger partial charge is 0.379 e. The standard InChI is InChI=1S/C15H13F2N3O3/c1-8-9(3-2-4-14(8)20(22)23)7-19-13-5-10(15(18)21)11(16)6-12(13)17/h2-6,19H,7H2,1H3,(H2,18,21). The Bertz CT molecular complexity index is 794. The number of hydrogen-bond acceptors (Lipinski definition) is 4. The molecule has 1 amide bonds. The zero-order valence-electron chi connectivity index (χ0n) is 12.1. The first-order valence-corrected chi connectivity index (χ1v) is 6.57. The molecule has 120 valence electrons. The number of primary amides is 1. The molecule has 6 nitrogen and oxygen atoms in total. The van der Waals surface area contributed by atoms with Crippen molar-refractivity contribution in [2.45, 2.75) is 13.5 Å². The minimum atomic E-state index is -1.05. The van der Waals surface area contributed by atoms with Crippen LogP contribution in [0.15, 0.2) is 30.3 Å². The fraction of sp³-hybridized carbons (Fsp3) is 0.133. The van der Waals surface area contributed by atoms with E-state index in [9.17, 15) is 23.7 Å². The number of nitro groups is 1. The van der Waals surface area contributed by atoms with Gasteiger partial charge in [0.15, 0.2) is 0 Å². The van der Waals surface area contributed by atoms with E-state index in [4.69, 9.17) is 5.73 Å². The number of anilines is 1. The zero-order chi connectivity index (χ0) is 17.1. The third-order valence-corrected chi connectivity index (χ3v) is 3.41. The molecule has 0 saturated heterocycles. The molecule has 0 unspecified atom stereocenters. The van der Waals surface area contributed by atoms with Crippen LogP contribution in [0.4, 0.5) is 20.2 Å². The van der Waals surface area contributed by atoms with E-state index in [0.717, 1.165) is 6.07 Å². The Hall–Kier alpha value is -3.03. The van der Waals surface area contributed by atoms with E-state index in [2.05, 4.69) is 5.32 Å². The molecule has 0 saturated carbocycles. The lowest BCUT2D eigenvalue weighted by molar-refractivity contribution is -0.385. The molecule has 0 atom stereocenters. The summed E-state index contributed by atoms with van der Waals surface area (Å²) in [5.74, 6) is -2.96. The molecule has 0 radical (unpaired) electrons. The van der Waals surface area contributed by atoms with Crippen LogP contribution in [-0.4, -0.2) is 10.8 Å². The fourth-order valence-electron chi connectivity index (χ4n) is 2.12. The molecule has 0 fully saturated rings. The molecule has 0 spiro atoms. The summed E-state index contributed by atoms with van der Waals surface area (Å²) in [5.41, 5.74) is 5.41. The summed E-state index contributed by atoms with van der Waals surface area (Å²) in [4.78, 5) is 21.5. The normalized spacial score (nSPS) is 10.4. The van der Waals surface area contributed by atoms with Crippen molar-refractivity contribution in [2.75, 3.05) is 5.32 Å². The van der Waals surface area contributed by atoms with Gasteiger partial charge in [-0.15, -0.1) is 0 Å². The number of nitrogens with one attached hydrogen (secondary N) is 1. The molecule has 0 aliphatic carbocycles. The predicted octanol–water partition coefficient (Wildman–Crippen LogP) is 2.89. The van der Waals surface area contributed by atoms with Gasteiger partial charge in [0, 0.05) is 24.2 Å². The van der Waals surface area contributed by atoms with Gasteiger partial charge in [-0.3, -0.25) is 14.9 Å². The summed E-state index contributed by atoms with van der Waals surface area (Å²) < 4.78 is 27.1. The van der Waals surface area contributed by atoms with E-state index >= 15 is 0 Å². The van der Waals surface area contributed by atoms with Crippen LogP contribution in [0.5, 0.6) is 0 Å². The number of hydrogen-bond donors (Lipinski definition) is 2. The Morgan fingerprint density at radius 2 is 2.00 bits per heavy atom. The summed E-state index contributed by atoms with van der Waals surface area (Å²) in [6.07, 6.45) is 0. The molecule has 2 rings (SSSR count). The Balaban J connectivity index is 2.28. The molecule has 0 bridgehead atoms. The number of carbonyl (C=O) groups excluding carboxylic acids is 1. The van der Waals surface area contributed by atoms with Gasteiger partial charge in [-0.05, 0) is 18.6 Å². The van der Waals surface area contributed by atoms with E-state index in [0.29, 0.717) is 17.2 Å². The first kappa shape index (κ1) is 16.3. The molecular formula is C15H13F2N3O3. The predicted molar refractivity (Wildman–Crippen MR) is 80.0 cm³/mol. The van der Waals surface area contributed by atoms with Gasteiger partial charge in [-0.25, -0.2) is 8.78 Å². The van der Waals surface area contributed by atoms with Crippen LogP contribution in [0.3, 0.4) is 0 Å². The van der Waals surface area contributed by atoms with Crippen LogP contribution in [0.25, 0.3) is 0 Å². The maximum absolute atomic E-state index is 13.7. The molecule has 0 aromatic heterocycles. The fourth-order valence-corrected chi connectivity index (χ4v) is 2.12. The van der Waals surface area contributed by atoms with Gasteiger partial charge in [-0.2, -0.15) is 0 Å². The maximum atomic E-state index is 13.7. The smallest absolute Gasteiger partial charge is 0.272 e. The molecule has 2 aromatic carbocycles. The Morgan fingerprint density at radius 3 is 2.61 bits per heavy atom. The maximum Gasteiger partial charge on any atom is 0.272 e. The summed E-state index contributed by atoms with van der Waals surface area (Å²) in [7, 11) is 0. The highest BCUT2D eigenvalue weighted by Crippen LogP contribution is 2.24. The van der Waals surface area contributed by atoms with E-state index in [1.165, 1.54) is 12.1 Å². The number of halogens is 2. The summed E-state index contributed by atoms with van der Waals surface area (Å²) in [6.45, 7) is 1.64. The van der Waals surface area contributed by atoms with Crippen molar-refractivity contribution in [2.24, 2.45) is 5.73 Å². The van der Waals surface area contributed by atoms with Gasteiger partial charge in [0.2, 0.25) is 0 Å². The number of nitrogens with two attached hydrogens (primary N) is 1. The first-order valence-electron chi connectivity index (χ1n) is 6.57. The second-order valence-corrected chi connectivity index (χ2v) is 4.85. The number of benzene rings is 2. The lowest BCUT2D eigenvalue weighted by Gasteiger charge is -2.11. The topological polar surface area (TPSA) is 98.3 Å². The van der Waals surface area contributed by atoms with E-state index < -0.39 is 28.0 Å². The van der Waals surface area contributed by atoms with Gasteiger partial charge in [-0.1, -0.05) is 12.1 Å². The van der Waals surface area contributed by atoms with Crippen LogP contribution >= 0.6 is 0 Å². The Labute approximate surface area is 130 Å². The minimum absolute atomic E-state index is 0.0540. The highest BCUT2D eigenvalue weighted by Gasteiger charge is 2.16. The van der Waals surface area contributed by atoms with Crippen molar-refractivity contribution in [3.63, 3.8) is 0 Å². The van der Waals surface area contributed by atoms with Crippen LogP contribution in [0.1, 0.15) is 21.5 Å². The minimum Gasteiger partial charge on any atom is -0.379 e. The number of rotatable bonds is 5. The van der Waals surface area contributed by atoms with Crippen LogP contribution < -0.4 is 11.1 Å². The SMILES string of the molecule is Cc1c(CNc2cc(C(N)=O)c(F)cc2F)cccc1[N+](=O)[O-]. The van der Waals surface area contributed by atoms with E-state index in [-0.39, 0.29) is 17.9 Å². The third-order valence-electron chi connectivity index (χ3n) is 3.41. The van der Waals surface area contributed by atoms with Crippen LogP contribution in [0, 0.1) is 28.7 Å². The lowest BCUT2D eigenvalue weighted by atomic mass is 10.1. The third kappa shape index (κ3) is 3.42. The van der Waals surface area contributed by atoms with Crippen molar-refractivity contribution in [3.05, 3.63) is 68.8 Å². The Kier molecular flexibility index (Phi) is 4.54. The molecule has 2 aromatic rings. The van der Waals surface area contributed by atoms with E-state index in [1.807, 2.05) is 0 Å². The molecule has 0 aliphatic rings. The van der Waals surface area contributed by atoms with Gasteiger partial charge in [0.1, 0.15) is 11.6 Å². The van der Waals surface area contributed by atoms with Gasteiger partial charge >= 0.3 is 0 Å². The van der Waals surface area contributed by atoms with Crippen LogP contribution in [0.2, 0.25) is 0 Å². The summed E-state index contributed by atoms with van der Waals surface area (Å²) >= 11 is 0. The van der Waals surface area contributed by atoms with Crippen molar-refractivity contribution >= 4 is 17.3 Å². The van der Waals surface area contributed by atoms with E-state index in [1.54, 1.807) is 13.0 Å². The van der Waals surface area contributed by atoms with Gasteiger partial charge in [0.05, 0.1) is 16.2 Å². The molecular weight excluding hydrogens is 308 g/mol. The molecule has 8 heteroatoms. The second-order valence-electron chi connectivity index (χ2n) is 4.85. The number of carbonyl (C=O) groups is 1. The van der Waals surface area contributed by atoms with Gasteiger partial charge < -0.3 is 11.1 Å². The average Bonchev–Trinajstić information content (AvgIpc) is 2.47. The molecule has 3 N–H and O–H groups in total. The van der Waals surface area contributed by atoms with Crippen molar-refractivity contribution in [1.29, 1.82) is 0 Å². The average molecular weight is 321 g/mol. The quantitative estimate of drug-likeness (QED) is 0.653. The molecule has 23 heavy (non-hydrogen) atoms. The lowest BCUT2D eigenvalue weighted by Crippen LogP contribution is -2.14. The number of nitro benzene ring substituents is 1. The highest BCUT2D eigenvalue weighted by atomic mass is 19.1. The van der Waals surface area contributed by atoms with Gasteiger partial charge in [0.25, 0.3) is 11.6 Å². The first-order chi connectivity index (χ1) is 10.8. The summed E-state index contributed by atoms with van der Waals surface area (Å²) in [6, 6.07) is 6.05. The van der Waals surface area contributed by atoms with Crippen LogP contribution in [-0.2, 0) is 6.54 Å². The summed E-state index contributed by atoms with van der Waals surface area (Å²) in [5, 5.41) is 13.6. The number of amides is 1. The Morgan fingerprint density at radius 1 is 1.30 bits per heavy atom. The monoisotopic (exact) mass is 321 g/mol.